The van der Waals surface area contributed by atoms with Crippen LogP contribution in [0.5, 0.6) is 5.75 Å². The molecular formula is C22H20F5N3O3. The number of piperidine rings is 1. The van der Waals surface area contributed by atoms with Crippen molar-refractivity contribution < 1.29 is 35.9 Å². The van der Waals surface area contributed by atoms with Crippen LogP contribution < -0.4 is 15.4 Å². The van der Waals surface area contributed by atoms with E-state index in [0.29, 0.717) is 17.5 Å². The van der Waals surface area contributed by atoms with Gasteiger partial charge in [-0.05, 0) is 50.2 Å². The topological polar surface area (TPSA) is 76.4 Å². The maximum Gasteiger partial charge on any atom is 0.418 e. The molecule has 1 aliphatic rings. The van der Waals surface area contributed by atoms with Crippen molar-refractivity contribution in [3.8, 4) is 5.75 Å². The third kappa shape index (κ3) is 4.77. The molecule has 1 atom stereocenters. The van der Waals surface area contributed by atoms with Gasteiger partial charge in [-0.1, -0.05) is 0 Å². The summed E-state index contributed by atoms with van der Waals surface area (Å²) in [6.45, 7) is 0.881. The lowest BCUT2D eigenvalue weighted by Crippen LogP contribution is -2.57. The first-order chi connectivity index (χ1) is 15.6. The molecule has 1 unspecified atom stereocenters. The minimum absolute atomic E-state index is 0.0630. The Labute approximate surface area is 185 Å². The zero-order valence-electron chi connectivity index (χ0n) is 17.4. The molecule has 3 aromatic rings. The number of pyridine rings is 1. The van der Waals surface area contributed by atoms with Gasteiger partial charge in [-0.25, -0.2) is 8.78 Å². The number of halogens is 5. The summed E-state index contributed by atoms with van der Waals surface area (Å²) < 4.78 is 78.8. The SMILES string of the molecule is Cc1oc2ccc(OCc3ncccc3C(F)(F)F)cc2c1C(=O)NC1CCNCC1(F)F. The van der Waals surface area contributed by atoms with Crippen molar-refractivity contribution in [2.45, 2.75) is 38.1 Å². The third-order valence-corrected chi connectivity index (χ3v) is 5.42. The monoisotopic (exact) mass is 469 g/mol. The highest BCUT2D eigenvalue weighted by molar-refractivity contribution is 6.07. The van der Waals surface area contributed by atoms with Crippen molar-refractivity contribution in [2.24, 2.45) is 0 Å². The molecule has 6 nitrogen and oxygen atoms in total. The summed E-state index contributed by atoms with van der Waals surface area (Å²) in [5.74, 6) is -3.43. The van der Waals surface area contributed by atoms with Gasteiger partial charge in [-0.2, -0.15) is 13.2 Å². The molecule has 33 heavy (non-hydrogen) atoms. The van der Waals surface area contributed by atoms with Crippen LogP contribution in [0.1, 0.15) is 33.8 Å². The molecule has 1 aromatic carbocycles. The molecule has 4 rings (SSSR count). The van der Waals surface area contributed by atoms with Gasteiger partial charge in [0.15, 0.2) is 0 Å². The number of fused-ring (bicyclic) bond motifs is 1. The number of carbonyl (C=O) groups is 1. The predicted octanol–water partition coefficient (Wildman–Crippen LogP) is 4.46. The summed E-state index contributed by atoms with van der Waals surface area (Å²) >= 11 is 0. The Bertz CT molecular complexity index is 1180. The summed E-state index contributed by atoms with van der Waals surface area (Å²) in [5, 5.41) is 5.27. The molecule has 176 valence electrons. The Balaban J connectivity index is 1.57. The molecule has 11 heteroatoms. The highest BCUT2D eigenvalue weighted by Gasteiger charge is 2.43. The summed E-state index contributed by atoms with van der Waals surface area (Å²) in [6.07, 6.45) is -3.29. The van der Waals surface area contributed by atoms with Gasteiger partial charge >= 0.3 is 6.18 Å². The second-order valence-electron chi connectivity index (χ2n) is 7.73. The van der Waals surface area contributed by atoms with Gasteiger partial charge in [0.05, 0.1) is 29.4 Å². The average molecular weight is 469 g/mol. The van der Waals surface area contributed by atoms with E-state index in [0.717, 1.165) is 6.07 Å². The first-order valence-electron chi connectivity index (χ1n) is 10.1. The summed E-state index contributed by atoms with van der Waals surface area (Å²) in [6, 6.07) is 5.16. The second-order valence-corrected chi connectivity index (χ2v) is 7.73. The Hall–Kier alpha value is -3.21. The normalized spacial score (nSPS) is 18.3. The van der Waals surface area contributed by atoms with E-state index in [4.69, 9.17) is 9.15 Å². The maximum absolute atomic E-state index is 14.1. The number of nitrogens with zero attached hydrogens (tertiary/aromatic N) is 1. The summed E-state index contributed by atoms with van der Waals surface area (Å²) in [5.41, 5.74) is -0.817. The molecule has 0 bridgehead atoms. The molecule has 2 N–H and O–H groups in total. The number of nitrogens with one attached hydrogen (secondary N) is 2. The fraction of sp³-hybridized carbons (Fsp3) is 0.364. The second kappa shape index (κ2) is 8.62. The Kier molecular flexibility index (Phi) is 6.00. The molecule has 0 radical (unpaired) electrons. The lowest BCUT2D eigenvalue weighted by Gasteiger charge is -2.32. The van der Waals surface area contributed by atoms with Crippen molar-refractivity contribution in [3.63, 3.8) is 0 Å². The largest absolute Gasteiger partial charge is 0.487 e. The van der Waals surface area contributed by atoms with Gasteiger partial charge in [0, 0.05) is 11.6 Å². The predicted molar refractivity (Wildman–Crippen MR) is 108 cm³/mol. The van der Waals surface area contributed by atoms with Gasteiger partial charge in [0.1, 0.15) is 23.7 Å². The van der Waals surface area contributed by atoms with Crippen LogP contribution in [-0.2, 0) is 12.8 Å². The third-order valence-electron chi connectivity index (χ3n) is 5.42. The Morgan fingerprint density at radius 2 is 2.12 bits per heavy atom. The van der Waals surface area contributed by atoms with Crippen molar-refractivity contribution in [1.82, 2.24) is 15.6 Å². The number of aryl methyl sites for hydroxylation is 1. The van der Waals surface area contributed by atoms with Gasteiger partial charge in [-0.15, -0.1) is 0 Å². The van der Waals surface area contributed by atoms with Crippen molar-refractivity contribution in [3.05, 3.63) is 59.1 Å². The number of carbonyl (C=O) groups excluding carboxylic acids is 1. The molecule has 0 spiro atoms. The lowest BCUT2D eigenvalue weighted by molar-refractivity contribution is -0.138. The van der Waals surface area contributed by atoms with Crippen molar-refractivity contribution in [1.29, 1.82) is 0 Å². The number of alkyl halides is 5. The van der Waals surface area contributed by atoms with E-state index in [2.05, 4.69) is 15.6 Å². The zero-order valence-corrected chi connectivity index (χ0v) is 17.4. The van der Waals surface area contributed by atoms with E-state index in [1.54, 1.807) is 0 Å². The van der Waals surface area contributed by atoms with E-state index in [9.17, 15) is 26.7 Å². The van der Waals surface area contributed by atoms with Crippen LogP contribution in [0.4, 0.5) is 22.0 Å². The fourth-order valence-corrected chi connectivity index (χ4v) is 3.78. The molecule has 3 heterocycles. The Morgan fingerprint density at radius 1 is 1.33 bits per heavy atom. The van der Waals surface area contributed by atoms with E-state index in [1.165, 1.54) is 37.4 Å². The number of benzene rings is 1. The highest BCUT2D eigenvalue weighted by Crippen LogP contribution is 2.33. The average Bonchev–Trinajstić information content (AvgIpc) is 3.08. The summed E-state index contributed by atoms with van der Waals surface area (Å²) in [4.78, 5) is 16.6. The molecule has 2 aromatic heterocycles. The molecule has 1 fully saturated rings. The lowest BCUT2D eigenvalue weighted by atomic mass is 10.0. The molecule has 1 amide bonds. The van der Waals surface area contributed by atoms with Crippen LogP contribution in [0, 0.1) is 6.92 Å². The number of aromatic nitrogens is 1. The van der Waals surface area contributed by atoms with E-state index >= 15 is 0 Å². The number of hydrogen-bond donors (Lipinski definition) is 2. The van der Waals surface area contributed by atoms with Crippen LogP contribution in [0.3, 0.4) is 0 Å². The molecule has 1 aliphatic heterocycles. The molecule has 0 aliphatic carbocycles. The van der Waals surface area contributed by atoms with Crippen LogP contribution in [0.2, 0.25) is 0 Å². The number of hydrogen-bond acceptors (Lipinski definition) is 5. The minimum Gasteiger partial charge on any atom is -0.487 e. The van der Waals surface area contributed by atoms with E-state index in [1.807, 2.05) is 0 Å². The van der Waals surface area contributed by atoms with E-state index < -0.39 is 42.8 Å². The number of ether oxygens (including phenoxy) is 1. The first kappa shape index (κ1) is 23.0. The fourth-order valence-electron chi connectivity index (χ4n) is 3.78. The molecule has 1 saturated heterocycles. The minimum atomic E-state index is -4.58. The van der Waals surface area contributed by atoms with Crippen LogP contribution in [0.25, 0.3) is 11.0 Å². The van der Waals surface area contributed by atoms with Crippen LogP contribution in [0.15, 0.2) is 40.9 Å². The highest BCUT2D eigenvalue weighted by atomic mass is 19.4. The van der Waals surface area contributed by atoms with Crippen LogP contribution in [-0.4, -0.2) is 35.9 Å². The zero-order chi connectivity index (χ0) is 23.8. The van der Waals surface area contributed by atoms with Crippen molar-refractivity contribution >= 4 is 16.9 Å². The number of furan rings is 1. The van der Waals surface area contributed by atoms with Gasteiger partial charge in [0.25, 0.3) is 11.8 Å². The number of rotatable bonds is 5. The van der Waals surface area contributed by atoms with Gasteiger partial charge in [-0.3, -0.25) is 9.78 Å². The maximum atomic E-state index is 14.1. The summed E-state index contributed by atoms with van der Waals surface area (Å²) in [7, 11) is 0. The van der Waals surface area contributed by atoms with Crippen molar-refractivity contribution in [2.75, 3.05) is 13.1 Å². The standard InChI is InChI=1S/C22H20F5N3O3/c1-12-19(20(31)30-18-6-8-28-11-21(18,23)24)14-9-13(4-5-17(14)33-12)32-10-16-15(22(25,26)27)3-2-7-29-16/h2-5,7,9,18,28H,6,8,10-11H2,1H3,(H,30,31). The smallest absolute Gasteiger partial charge is 0.418 e. The van der Waals surface area contributed by atoms with Gasteiger partial charge < -0.3 is 19.8 Å². The quantitative estimate of drug-likeness (QED) is 0.540. The first-order valence-corrected chi connectivity index (χ1v) is 10.1. The molecule has 0 saturated carbocycles. The van der Waals surface area contributed by atoms with Gasteiger partial charge in [0.2, 0.25) is 0 Å². The number of amides is 1. The Morgan fingerprint density at radius 3 is 2.85 bits per heavy atom. The van der Waals surface area contributed by atoms with Crippen LogP contribution >= 0.6 is 0 Å². The van der Waals surface area contributed by atoms with E-state index in [-0.39, 0.29) is 29.2 Å². The molecular weight excluding hydrogens is 449 g/mol.